The summed E-state index contributed by atoms with van der Waals surface area (Å²) in [4.78, 5) is 10.4. The number of carbonyl (C=O) groups excluding carboxylic acids is 1. The Balaban J connectivity index is 3.22. The van der Waals surface area contributed by atoms with Gasteiger partial charge < -0.3 is 4.74 Å². The van der Waals surface area contributed by atoms with Crippen LogP contribution in [0.25, 0.3) is 0 Å². The fraction of sp³-hybridized carbons (Fsp3) is 0.300. The average Bonchev–Trinajstić information content (AvgIpc) is 2.14. The van der Waals surface area contributed by atoms with Crippen LogP contribution in [0.3, 0.4) is 0 Å². The highest BCUT2D eigenvalue weighted by Crippen LogP contribution is 2.39. The van der Waals surface area contributed by atoms with Crippen molar-refractivity contribution in [2.45, 2.75) is 18.1 Å². The van der Waals surface area contributed by atoms with E-state index >= 15 is 0 Å². The van der Waals surface area contributed by atoms with Gasteiger partial charge in [0.05, 0.1) is 0 Å². The Hall–Kier alpha value is -0.560. The molecule has 1 atom stereocenters. The van der Waals surface area contributed by atoms with Crippen LogP contribution in [0.4, 0.5) is 13.2 Å². The molecule has 1 rings (SSSR count). The van der Waals surface area contributed by atoms with Gasteiger partial charge in [0.15, 0.2) is 0 Å². The van der Waals surface area contributed by atoms with Gasteiger partial charge in [-0.2, -0.15) is 0 Å². The van der Waals surface area contributed by atoms with E-state index in [-0.39, 0.29) is 11.3 Å². The Morgan fingerprint density at radius 2 is 2.00 bits per heavy atom. The minimum Gasteiger partial charge on any atom is -0.405 e. The molecule has 0 bridgehead atoms. The molecule has 94 valence electrons. The summed E-state index contributed by atoms with van der Waals surface area (Å²) in [5, 5.41) is 0. The molecular formula is C10H7Br2F3O2. The van der Waals surface area contributed by atoms with Crippen LogP contribution in [0.1, 0.15) is 17.3 Å². The van der Waals surface area contributed by atoms with Crippen LogP contribution in [0.5, 0.6) is 5.75 Å². The zero-order chi connectivity index (χ0) is 13.2. The number of ether oxygens (including phenoxy) is 1. The first-order chi connectivity index (χ1) is 7.72. The first kappa shape index (κ1) is 14.5. The van der Waals surface area contributed by atoms with E-state index in [1.54, 1.807) is 0 Å². The van der Waals surface area contributed by atoms with E-state index in [0.29, 0.717) is 4.47 Å². The third-order valence-corrected chi connectivity index (χ3v) is 3.64. The van der Waals surface area contributed by atoms with Gasteiger partial charge in [-0.15, -0.1) is 13.2 Å². The molecule has 0 amide bonds. The van der Waals surface area contributed by atoms with E-state index in [1.807, 2.05) is 0 Å². The molecular weight excluding hydrogens is 369 g/mol. The molecule has 0 aromatic heterocycles. The van der Waals surface area contributed by atoms with E-state index in [1.165, 1.54) is 19.1 Å². The fourth-order valence-electron chi connectivity index (χ4n) is 1.18. The Morgan fingerprint density at radius 1 is 1.41 bits per heavy atom. The second-order valence-electron chi connectivity index (χ2n) is 3.17. The van der Waals surface area contributed by atoms with E-state index in [0.717, 1.165) is 6.07 Å². The highest BCUT2D eigenvalue weighted by Gasteiger charge is 2.33. The molecule has 0 fully saturated rings. The van der Waals surface area contributed by atoms with Gasteiger partial charge in [-0.3, -0.25) is 4.79 Å². The lowest BCUT2D eigenvalue weighted by Crippen LogP contribution is -2.19. The molecule has 0 N–H and O–H groups in total. The van der Waals surface area contributed by atoms with Crippen LogP contribution in [0.2, 0.25) is 0 Å². The van der Waals surface area contributed by atoms with Crippen molar-refractivity contribution in [2.75, 3.05) is 0 Å². The number of rotatable bonds is 3. The van der Waals surface area contributed by atoms with Gasteiger partial charge in [0, 0.05) is 10.0 Å². The molecule has 0 aliphatic carbocycles. The smallest absolute Gasteiger partial charge is 0.405 e. The Kier molecular flexibility index (Phi) is 4.60. The summed E-state index contributed by atoms with van der Waals surface area (Å²) in [7, 11) is 0. The molecule has 7 heteroatoms. The maximum atomic E-state index is 12.2. The molecule has 1 aromatic carbocycles. The van der Waals surface area contributed by atoms with Crippen molar-refractivity contribution in [1.29, 1.82) is 0 Å². The number of carbonyl (C=O) groups is 1. The summed E-state index contributed by atoms with van der Waals surface area (Å²) < 4.78 is 40.8. The molecule has 2 nitrogen and oxygen atoms in total. The van der Waals surface area contributed by atoms with Crippen molar-refractivity contribution >= 4 is 37.6 Å². The second kappa shape index (κ2) is 5.39. The van der Waals surface area contributed by atoms with Gasteiger partial charge in [-0.05, 0) is 19.1 Å². The highest BCUT2D eigenvalue weighted by atomic mass is 79.9. The lowest BCUT2D eigenvalue weighted by atomic mass is 10.1. The quantitative estimate of drug-likeness (QED) is 0.733. The van der Waals surface area contributed by atoms with Crippen LogP contribution >= 0.6 is 31.9 Å². The second-order valence-corrected chi connectivity index (χ2v) is 4.94. The van der Waals surface area contributed by atoms with Gasteiger partial charge in [-0.1, -0.05) is 37.9 Å². The molecule has 0 spiro atoms. The maximum Gasteiger partial charge on any atom is 0.573 e. The Bertz CT molecular complexity index is 432. The van der Waals surface area contributed by atoms with Gasteiger partial charge in [0.25, 0.3) is 0 Å². The first-order valence-electron chi connectivity index (χ1n) is 4.41. The normalized spacial score (nSPS) is 13.3. The van der Waals surface area contributed by atoms with Crippen LogP contribution in [0.15, 0.2) is 22.7 Å². The topological polar surface area (TPSA) is 26.3 Å². The largest absolute Gasteiger partial charge is 0.573 e. The zero-order valence-electron chi connectivity index (χ0n) is 8.52. The first-order valence-corrected chi connectivity index (χ1v) is 6.12. The molecule has 17 heavy (non-hydrogen) atoms. The Labute approximate surface area is 112 Å². The van der Waals surface area contributed by atoms with Gasteiger partial charge in [0.1, 0.15) is 16.4 Å². The maximum absolute atomic E-state index is 12.2. The summed E-state index contributed by atoms with van der Waals surface area (Å²) >= 11 is 6.13. The van der Waals surface area contributed by atoms with Crippen molar-refractivity contribution < 1.29 is 22.7 Å². The zero-order valence-corrected chi connectivity index (χ0v) is 11.7. The number of Topliss-reactive ketones (excluding diaryl/α,β-unsaturated/α-hetero) is 1. The molecule has 0 heterocycles. The standard InChI is InChI=1S/C10H7Br2F3O2/c1-5(16)9(12)8-6(11)3-2-4-7(8)17-10(13,14)15/h2-4,9H,1H3. The predicted molar refractivity (Wildman–Crippen MR) is 63.2 cm³/mol. The average molecular weight is 376 g/mol. The highest BCUT2D eigenvalue weighted by molar-refractivity contribution is 9.11. The summed E-state index contributed by atoms with van der Waals surface area (Å²) in [6, 6.07) is 4.09. The van der Waals surface area contributed by atoms with Crippen LogP contribution in [-0.2, 0) is 4.79 Å². The summed E-state index contributed by atoms with van der Waals surface area (Å²) in [5.74, 6) is -0.715. The third kappa shape index (κ3) is 3.99. The third-order valence-electron chi connectivity index (χ3n) is 1.85. The fourth-order valence-corrected chi connectivity index (χ4v) is 2.54. The van der Waals surface area contributed by atoms with Crippen molar-refractivity contribution in [1.82, 2.24) is 0 Å². The number of ketones is 1. The molecule has 0 radical (unpaired) electrons. The van der Waals surface area contributed by atoms with Crippen LogP contribution in [0, 0.1) is 0 Å². The monoisotopic (exact) mass is 374 g/mol. The number of hydrogen-bond acceptors (Lipinski definition) is 2. The van der Waals surface area contributed by atoms with E-state index < -0.39 is 16.9 Å². The number of hydrogen-bond donors (Lipinski definition) is 0. The molecule has 1 unspecified atom stereocenters. The SMILES string of the molecule is CC(=O)C(Br)c1c(Br)cccc1OC(F)(F)F. The van der Waals surface area contributed by atoms with Crippen LogP contribution in [-0.4, -0.2) is 12.1 Å². The summed E-state index contributed by atoms with van der Waals surface area (Å²) in [6.45, 7) is 1.27. The Morgan fingerprint density at radius 3 is 2.47 bits per heavy atom. The number of alkyl halides is 4. The number of benzene rings is 1. The minimum absolute atomic E-state index is 0.123. The molecule has 0 aliphatic rings. The van der Waals surface area contributed by atoms with Gasteiger partial charge in [-0.25, -0.2) is 0 Å². The number of halogens is 5. The summed E-state index contributed by atoms with van der Waals surface area (Å²) in [6.07, 6.45) is -4.79. The van der Waals surface area contributed by atoms with E-state index in [2.05, 4.69) is 36.6 Å². The van der Waals surface area contributed by atoms with Crippen molar-refractivity contribution in [3.05, 3.63) is 28.2 Å². The summed E-state index contributed by atoms with van der Waals surface area (Å²) in [5.41, 5.74) is 0.123. The van der Waals surface area contributed by atoms with Crippen molar-refractivity contribution in [3.63, 3.8) is 0 Å². The van der Waals surface area contributed by atoms with E-state index in [4.69, 9.17) is 0 Å². The lowest BCUT2D eigenvalue weighted by Gasteiger charge is -2.16. The molecule has 0 aliphatic heterocycles. The van der Waals surface area contributed by atoms with Gasteiger partial charge in [0.2, 0.25) is 0 Å². The van der Waals surface area contributed by atoms with Crippen molar-refractivity contribution in [3.8, 4) is 5.75 Å². The molecule has 0 saturated carbocycles. The van der Waals surface area contributed by atoms with Gasteiger partial charge >= 0.3 is 6.36 Å². The van der Waals surface area contributed by atoms with Crippen LogP contribution < -0.4 is 4.74 Å². The molecule has 1 aromatic rings. The van der Waals surface area contributed by atoms with E-state index in [9.17, 15) is 18.0 Å². The van der Waals surface area contributed by atoms with Crippen molar-refractivity contribution in [2.24, 2.45) is 0 Å². The molecule has 0 saturated heterocycles. The minimum atomic E-state index is -4.79. The lowest BCUT2D eigenvalue weighted by molar-refractivity contribution is -0.274. The predicted octanol–water partition coefficient (Wildman–Crippen LogP) is 4.37.